The number of nitrogens with one attached hydrogen (secondary N) is 1. The van der Waals surface area contributed by atoms with Crippen LogP contribution < -0.4 is 10.1 Å². The number of carbonyl (C=O) groups excluding carboxylic acids is 1. The SMILES string of the molecule is CCOc1ccc(NC(=O)c2cc(Cl)nnc2Cl)cn1. The van der Waals surface area contributed by atoms with E-state index in [0.717, 1.165) is 0 Å². The molecule has 20 heavy (non-hydrogen) atoms. The van der Waals surface area contributed by atoms with Gasteiger partial charge >= 0.3 is 0 Å². The van der Waals surface area contributed by atoms with Gasteiger partial charge in [-0.2, -0.15) is 0 Å². The molecule has 0 unspecified atom stereocenters. The van der Waals surface area contributed by atoms with Crippen molar-refractivity contribution in [2.75, 3.05) is 11.9 Å². The number of halogens is 2. The Morgan fingerprint density at radius 2 is 2.15 bits per heavy atom. The van der Waals surface area contributed by atoms with Crippen LogP contribution in [-0.4, -0.2) is 27.7 Å². The second kappa shape index (κ2) is 6.49. The zero-order chi connectivity index (χ0) is 14.5. The Morgan fingerprint density at radius 1 is 1.35 bits per heavy atom. The predicted molar refractivity (Wildman–Crippen MR) is 75.4 cm³/mol. The summed E-state index contributed by atoms with van der Waals surface area (Å²) in [5, 5.41) is 9.80. The third kappa shape index (κ3) is 3.55. The molecule has 0 fully saturated rings. The molecule has 0 aromatic carbocycles. The van der Waals surface area contributed by atoms with Crippen LogP contribution in [0.15, 0.2) is 24.4 Å². The summed E-state index contributed by atoms with van der Waals surface area (Å²) in [6.45, 7) is 2.38. The van der Waals surface area contributed by atoms with Crippen molar-refractivity contribution in [3.05, 3.63) is 40.3 Å². The van der Waals surface area contributed by atoms with Crippen LogP contribution in [0.3, 0.4) is 0 Å². The molecule has 0 aliphatic carbocycles. The molecule has 0 radical (unpaired) electrons. The first-order chi connectivity index (χ1) is 9.60. The van der Waals surface area contributed by atoms with Crippen LogP contribution in [0.4, 0.5) is 5.69 Å². The van der Waals surface area contributed by atoms with Crippen molar-refractivity contribution in [1.82, 2.24) is 15.2 Å². The van der Waals surface area contributed by atoms with E-state index in [-0.39, 0.29) is 15.9 Å². The van der Waals surface area contributed by atoms with E-state index in [0.29, 0.717) is 18.2 Å². The number of rotatable bonds is 4. The molecule has 0 aliphatic rings. The van der Waals surface area contributed by atoms with Crippen molar-refractivity contribution in [3.63, 3.8) is 0 Å². The maximum absolute atomic E-state index is 12.0. The molecule has 0 saturated carbocycles. The number of hydrogen-bond acceptors (Lipinski definition) is 5. The van der Waals surface area contributed by atoms with Gasteiger partial charge in [0, 0.05) is 6.07 Å². The van der Waals surface area contributed by atoms with Crippen LogP contribution in [-0.2, 0) is 0 Å². The fraction of sp³-hybridized carbons (Fsp3) is 0.167. The van der Waals surface area contributed by atoms with Crippen LogP contribution in [0.25, 0.3) is 0 Å². The van der Waals surface area contributed by atoms with E-state index in [2.05, 4.69) is 20.5 Å². The Kier molecular flexibility index (Phi) is 4.70. The molecule has 2 rings (SSSR count). The lowest BCUT2D eigenvalue weighted by atomic mass is 10.3. The zero-order valence-corrected chi connectivity index (χ0v) is 11.9. The van der Waals surface area contributed by atoms with Gasteiger partial charge in [0.2, 0.25) is 5.88 Å². The van der Waals surface area contributed by atoms with Crippen molar-refractivity contribution >= 4 is 34.8 Å². The molecule has 0 bridgehead atoms. The van der Waals surface area contributed by atoms with Crippen LogP contribution in [0.2, 0.25) is 10.3 Å². The standard InChI is InChI=1S/C12H10Cl2N4O2/c1-2-20-10-4-3-7(6-15-10)16-12(19)8-5-9(13)17-18-11(8)14/h3-6H,2H2,1H3,(H,16,19). The molecule has 6 nitrogen and oxygen atoms in total. The molecule has 1 N–H and O–H groups in total. The topological polar surface area (TPSA) is 77.0 Å². The van der Waals surface area contributed by atoms with E-state index in [1.807, 2.05) is 6.92 Å². The lowest BCUT2D eigenvalue weighted by molar-refractivity contribution is 0.102. The highest BCUT2D eigenvalue weighted by Crippen LogP contribution is 2.18. The highest BCUT2D eigenvalue weighted by atomic mass is 35.5. The number of ether oxygens (including phenoxy) is 1. The van der Waals surface area contributed by atoms with Gasteiger partial charge in [-0.1, -0.05) is 23.2 Å². The maximum atomic E-state index is 12.0. The Hall–Kier alpha value is -1.92. The Balaban J connectivity index is 2.13. The minimum atomic E-state index is -0.447. The number of pyridine rings is 1. The van der Waals surface area contributed by atoms with Crippen molar-refractivity contribution < 1.29 is 9.53 Å². The fourth-order valence-electron chi connectivity index (χ4n) is 1.40. The molecular formula is C12H10Cl2N4O2. The van der Waals surface area contributed by atoms with Crippen molar-refractivity contribution in [2.24, 2.45) is 0 Å². The maximum Gasteiger partial charge on any atom is 0.259 e. The predicted octanol–water partition coefficient (Wildman–Crippen LogP) is 2.83. The van der Waals surface area contributed by atoms with E-state index >= 15 is 0 Å². The number of anilines is 1. The van der Waals surface area contributed by atoms with E-state index < -0.39 is 5.91 Å². The summed E-state index contributed by atoms with van der Waals surface area (Å²) in [4.78, 5) is 16.0. The van der Waals surface area contributed by atoms with E-state index in [4.69, 9.17) is 27.9 Å². The molecule has 8 heteroatoms. The van der Waals surface area contributed by atoms with Gasteiger partial charge in [-0.15, -0.1) is 10.2 Å². The van der Waals surface area contributed by atoms with Gasteiger partial charge in [0.15, 0.2) is 10.3 Å². The monoisotopic (exact) mass is 312 g/mol. The lowest BCUT2D eigenvalue weighted by Crippen LogP contribution is -2.13. The van der Waals surface area contributed by atoms with Gasteiger partial charge < -0.3 is 10.1 Å². The average Bonchev–Trinajstić information content (AvgIpc) is 2.44. The summed E-state index contributed by atoms with van der Waals surface area (Å²) < 4.78 is 5.20. The Morgan fingerprint density at radius 3 is 2.80 bits per heavy atom. The summed E-state index contributed by atoms with van der Waals surface area (Å²) in [7, 11) is 0. The fourth-order valence-corrected chi connectivity index (χ4v) is 1.72. The minimum Gasteiger partial charge on any atom is -0.478 e. The zero-order valence-electron chi connectivity index (χ0n) is 10.4. The summed E-state index contributed by atoms with van der Waals surface area (Å²) in [6, 6.07) is 4.66. The summed E-state index contributed by atoms with van der Waals surface area (Å²) in [5.74, 6) is 0.0370. The van der Waals surface area contributed by atoms with Crippen LogP contribution >= 0.6 is 23.2 Å². The normalized spacial score (nSPS) is 10.2. The van der Waals surface area contributed by atoms with E-state index in [1.165, 1.54) is 12.3 Å². The smallest absolute Gasteiger partial charge is 0.259 e. The van der Waals surface area contributed by atoms with E-state index in [9.17, 15) is 4.79 Å². The minimum absolute atomic E-state index is 0.0224. The van der Waals surface area contributed by atoms with Crippen LogP contribution in [0, 0.1) is 0 Å². The van der Waals surface area contributed by atoms with Crippen molar-refractivity contribution in [3.8, 4) is 5.88 Å². The van der Waals surface area contributed by atoms with Gasteiger partial charge in [0.05, 0.1) is 24.1 Å². The van der Waals surface area contributed by atoms with Gasteiger partial charge in [-0.3, -0.25) is 4.79 Å². The Bertz CT molecular complexity index is 619. The molecule has 2 heterocycles. The summed E-state index contributed by atoms with van der Waals surface area (Å²) >= 11 is 11.5. The molecule has 0 saturated heterocycles. The van der Waals surface area contributed by atoms with Crippen LogP contribution in [0.5, 0.6) is 5.88 Å². The number of nitrogens with zero attached hydrogens (tertiary/aromatic N) is 3. The molecular weight excluding hydrogens is 303 g/mol. The molecule has 0 atom stereocenters. The van der Waals surface area contributed by atoms with Gasteiger partial charge in [0.25, 0.3) is 5.91 Å². The molecule has 2 aromatic heterocycles. The number of aromatic nitrogens is 3. The molecule has 0 aliphatic heterocycles. The summed E-state index contributed by atoms with van der Waals surface area (Å²) in [5.41, 5.74) is 0.642. The third-order valence-corrected chi connectivity index (χ3v) is 2.71. The van der Waals surface area contributed by atoms with Crippen molar-refractivity contribution in [1.29, 1.82) is 0 Å². The van der Waals surface area contributed by atoms with Gasteiger partial charge in [-0.25, -0.2) is 4.98 Å². The second-order valence-electron chi connectivity index (χ2n) is 3.64. The van der Waals surface area contributed by atoms with Crippen molar-refractivity contribution in [2.45, 2.75) is 6.92 Å². The number of carbonyl (C=O) groups is 1. The lowest BCUT2D eigenvalue weighted by Gasteiger charge is -2.07. The quantitative estimate of drug-likeness (QED) is 0.939. The Labute approximate surface area is 125 Å². The molecule has 104 valence electrons. The molecule has 0 spiro atoms. The second-order valence-corrected chi connectivity index (χ2v) is 4.39. The highest BCUT2D eigenvalue weighted by molar-refractivity contribution is 6.34. The number of amides is 1. The first-order valence-corrected chi connectivity index (χ1v) is 6.44. The summed E-state index contributed by atoms with van der Waals surface area (Å²) in [6.07, 6.45) is 1.48. The largest absolute Gasteiger partial charge is 0.478 e. The van der Waals surface area contributed by atoms with E-state index in [1.54, 1.807) is 12.1 Å². The third-order valence-electron chi connectivity index (χ3n) is 2.25. The molecule has 2 aromatic rings. The van der Waals surface area contributed by atoms with Gasteiger partial charge in [-0.05, 0) is 19.1 Å². The first kappa shape index (κ1) is 14.5. The van der Waals surface area contributed by atoms with Gasteiger partial charge in [0.1, 0.15) is 0 Å². The van der Waals surface area contributed by atoms with Crippen LogP contribution in [0.1, 0.15) is 17.3 Å². The highest BCUT2D eigenvalue weighted by Gasteiger charge is 2.13. The first-order valence-electron chi connectivity index (χ1n) is 5.69. The average molecular weight is 313 g/mol. The number of hydrogen-bond donors (Lipinski definition) is 1. The molecule has 1 amide bonds.